The van der Waals surface area contributed by atoms with E-state index in [0.29, 0.717) is 0 Å². The molecule has 2 nitrogen and oxygen atoms in total. The molecule has 2 rings (SSSR count). The Balaban J connectivity index is 2.68. The molecule has 0 radical (unpaired) electrons. The summed E-state index contributed by atoms with van der Waals surface area (Å²) in [5, 5.41) is 1.72. The molecule has 2 aromatic carbocycles. The van der Waals surface area contributed by atoms with Gasteiger partial charge in [0.25, 0.3) is 0 Å². The Morgan fingerprint density at radius 3 is 1.72 bits per heavy atom. The van der Waals surface area contributed by atoms with E-state index < -0.39 is 18.9 Å². The Morgan fingerprint density at radius 1 is 0.759 bits per heavy atom. The lowest BCUT2D eigenvalue weighted by molar-refractivity contribution is 0.624. The summed E-state index contributed by atoms with van der Waals surface area (Å²) in [7, 11) is -1.65. The van der Waals surface area contributed by atoms with Gasteiger partial charge in [-0.05, 0) is 47.5 Å². The van der Waals surface area contributed by atoms with Crippen LogP contribution in [0.2, 0.25) is 0 Å². The van der Waals surface area contributed by atoms with Gasteiger partial charge in [0, 0.05) is 0 Å². The van der Waals surface area contributed by atoms with Gasteiger partial charge >= 0.3 is 0 Å². The fourth-order valence-corrected chi connectivity index (χ4v) is 8.89. The summed E-state index contributed by atoms with van der Waals surface area (Å²) >= 11 is 0. The third kappa shape index (κ3) is 6.23. The number of hydrogen-bond donors (Lipinski definition) is 1. The van der Waals surface area contributed by atoms with E-state index in [0.717, 1.165) is 5.56 Å². The average Bonchev–Trinajstić information content (AvgIpc) is 2.57. The highest BCUT2D eigenvalue weighted by Gasteiger charge is 2.38. The second-order valence-corrected chi connectivity index (χ2v) is 16.4. The molecule has 0 heterocycles. The summed E-state index contributed by atoms with van der Waals surface area (Å²) < 4.78 is 16.2. The van der Waals surface area contributed by atoms with Gasteiger partial charge in [0.05, 0.1) is 21.8 Å². The second kappa shape index (κ2) is 9.00. The van der Waals surface area contributed by atoms with E-state index in [9.17, 15) is 4.21 Å². The molecule has 0 amide bonds. The van der Waals surface area contributed by atoms with Gasteiger partial charge in [0.1, 0.15) is 0 Å². The highest BCUT2D eigenvalue weighted by atomic mass is 32.2. The van der Waals surface area contributed by atoms with E-state index in [1.807, 2.05) is 26.8 Å². The summed E-state index contributed by atoms with van der Waals surface area (Å²) in [6.45, 7) is 20.1. The maximum Gasteiger partial charge on any atom is 0.0979 e. The topological polar surface area (TPSA) is 29.1 Å². The van der Waals surface area contributed by atoms with Crippen molar-refractivity contribution in [3.8, 4) is 0 Å². The van der Waals surface area contributed by atoms with E-state index in [1.54, 1.807) is 0 Å². The van der Waals surface area contributed by atoms with Crippen LogP contribution in [-0.4, -0.2) is 19.3 Å². The Hall–Kier alpha value is -1.02. The van der Waals surface area contributed by atoms with Gasteiger partial charge in [-0.15, -0.1) is 0 Å². The molecular weight excluding hydrogens is 393 g/mol. The van der Waals surface area contributed by atoms with Gasteiger partial charge in [-0.3, -0.25) is 0 Å². The van der Waals surface area contributed by atoms with Gasteiger partial charge in [-0.2, -0.15) is 0 Å². The first-order chi connectivity index (χ1) is 13.2. The van der Waals surface area contributed by atoms with Crippen molar-refractivity contribution in [2.24, 2.45) is 0 Å². The van der Waals surface area contributed by atoms with E-state index in [4.69, 9.17) is 0 Å². The van der Waals surface area contributed by atoms with Gasteiger partial charge in [0.15, 0.2) is 0 Å². The van der Waals surface area contributed by atoms with Crippen molar-refractivity contribution in [2.45, 2.75) is 83.4 Å². The zero-order valence-corrected chi connectivity index (χ0v) is 21.2. The number of nitrogens with one attached hydrogen (secondary N) is 1. The van der Waals surface area contributed by atoms with Crippen molar-refractivity contribution >= 4 is 24.2 Å². The summed E-state index contributed by atoms with van der Waals surface area (Å²) in [4.78, 5) is 0. The second-order valence-electron chi connectivity index (χ2n) is 10.6. The summed E-state index contributed by atoms with van der Waals surface area (Å²) in [5.74, 6) is 0. The fraction of sp³-hybridized carbons (Fsp3) is 0.520. The lowest BCUT2D eigenvalue weighted by atomic mass is 10.00. The first-order valence-corrected chi connectivity index (χ1v) is 12.8. The zero-order chi connectivity index (χ0) is 22.0. The molecule has 0 aliphatic rings. The molecule has 2 unspecified atom stereocenters. The van der Waals surface area contributed by atoms with E-state index in [1.165, 1.54) is 10.9 Å². The minimum absolute atomic E-state index is 0.109. The first-order valence-electron chi connectivity index (χ1n) is 10.3. The molecule has 2 aromatic rings. The highest BCUT2D eigenvalue weighted by Crippen LogP contribution is 2.59. The van der Waals surface area contributed by atoms with Crippen LogP contribution in [-0.2, 0) is 11.0 Å². The molecule has 1 N–H and O–H groups in total. The van der Waals surface area contributed by atoms with Crippen LogP contribution in [0.15, 0.2) is 54.6 Å². The number of benzene rings is 2. The summed E-state index contributed by atoms with van der Waals surface area (Å²) in [6, 6.07) is 19.1. The molecule has 2 atom stereocenters. The molecule has 0 aromatic heterocycles. The maximum absolute atomic E-state index is 13.1. The molecule has 0 aliphatic heterocycles. The van der Waals surface area contributed by atoms with Gasteiger partial charge < -0.3 is 0 Å². The van der Waals surface area contributed by atoms with E-state index in [2.05, 4.69) is 94.8 Å². The number of hydrogen-bond acceptors (Lipinski definition) is 1. The SMILES string of the molecule is CC(C)(C)P(c1ccccc1C(NS(=O)C(C)(C)C)c1ccccc1)C(C)(C)C. The van der Waals surface area contributed by atoms with Crippen molar-refractivity contribution in [3.05, 3.63) is 65.7 Å². The number of rotatable bonds is 5. The van der Waals surface area contributed by atoms with Crippen LogP contribution >= 0.6 is 7.92 Å². The molecule has 29 heavy (non-hydrogen) atoms. The lowest BCUT2D eigenvalue weighted by Crippen LogP contribution is -2.39. The quantitative estimate of drug-likeness (QED) is 0.536. The van der Waals surface area contributed by atoms with E-state index in [-0.39, 0.29) is 21.1 Å². The van der Waals surface area contributed by atoms with Crippen LogP contribution in [0.25, 0.3) is 0 Å². The fourth-order valence-electron chi connectivity index (χ4n) is 3.90. The molecule has 0 aliphatic carbocycles. The highest BCUT2D eigenvalue weighted by molar-refractivity contribution is 7.84. The van der Waals surface area contributed by atoms with Crippen LogP contribution in [0.5, 0.6) is 0 Å². The van der Waals surface area contributed by atoms with Crippen molar-refractivity contribution in [1.82, 2.24) is 4.72 Å². The summed E-state index contributed by atoms with van der Waals surface area (Å²) in [6.07, 6.45) is 0. The average molecular weight is 432 g/mol. The van der Waals surface area contributed by atoms with Crippen LogP contribution in [0, 0.1) is 0 Å². The predicted octanol–water partition coefficient (Wildman–Crippen LogP) is 6.53. The molecule has 0 bridgehead atoms. The predicted molar refractivity (Wildman–Crippen MR) is 132 cm³/mol. The smallest absolute Gasteiger partial charge is 0.0979 e. The third-order valence-electron chi connectivity index (χ3n) is 4.74. The normalized spacial score (nSPS) is 15.4. The molecule has 160 valence electrons. The van der Waals surface area contributed by atoms with Crippen molar-refractivity contribution in [3.63, 3.8) is 0 Å². The van der Waals surface area contributed by atoms with E-state index >= 15 is 0 Å². The molecule has 4 heteroatoms. The van der Waals surface area contributed by atoms with Gasteiger partial charge in [-0.25, -0.2) is 8.93 Å². The van der Waals surface area contributed by atoms with Crippen molar-refractivity contribution in [2.75, 3.05) is 0 Å². The lowest BCUT2D eigenvalue weighted by Gasteiger charge is -2.43. The largest absolute Gasteiger partial charge is 0.242 e. The Kier molecular flexibility index (Phi) is 7.53. The van der Waals surface area contributed by atoms with Crippen LogP contribution in [0.4, 0.5) is 0 Å². The van der Waals surface area contributed by atoms with Crippen LogP contribution in [0.1, 0.15) is 79.5 Å². The Bertz CT molecular complexity index is 814. The Labute approximate surface area is 182 Å². The molecule has 0 spiro atoms. The summed E-state index contributed by atoms with van der Waals surface area (Å²) in [5.41, 5.74) is 2.39. The standard InChI is InChI=1S/C25H38NOPS/c1-23(2,3)28(24(4,5)6)21-18-14-13-17-20(21)22(19-15-11-10-12-16-19)26-29(27)25(7,8)9/h10-18,22,26H,1-9H3. The molecular formula is C25H38NOPS. The zero-order valence-electron chi connectivity index (χ0n) is 19.5. The maximum atomic E-state index is 13.1. The minimum atomic E-state index is -1.17. The van der Waals surface area contributed by atoms with Gasteiger partial charge in [-0.1, -0.05) is 104 Å². The van der Waals surface area contributed by atoms with Crippen molar-refractivity contribution in [1.29, 1.82) is 0 Å². The van der Waals surface area contributed by atoms with Crippen LogP contribution < -0.4 is 10.0 Å². The van der Waals surface area contributed by atoms with Gasteiger partial charge in [0.2, 0.25) is 0 Å². The molecule has 0 fully saturated rings. The minimum Gasteiger partial charge on any atom is -0.242 e. The first kappa shape index (κ1) is 24.3. The van der Waals surface area contributed by atoms with Crippen molar-refractivity contribution < 1.29 is 4.21 Å². The Morgan fingerprint density at radius 2 is 1.24 bits per heavy atom. The molecule has 0 saturated carbocycles. The third-order valence-corrected chi connectivity index (χ3v) is 9.88. The monoisotopic (exact) mass is 431 g/mol. The van der Waals surface area contributed by atoms with Crippen LogP contribution in [0.3, 0.4) is 0 Å². The molecule has 0 saturated heterocycles.